The molecule has 0 unspecified atom stereocenters. The van der Waals surface area contributed by atoms with Crippen LogP contribution in [0.1, 0.15) is 17.2 Å². The van der Waals surface area contributed by atoms with Gasteiger partial charge in [-0.1, -0.05) is 77.5 Å². The van der Waals surface area contributed by atoms with Crippen LogP contribution in [0, 0.1) is 0 Å². The summed E-state index contributed by atoms with van der Waals surface area (Å²) in [5.41, 5.74) is 7.03. The highest BCUT2D eigenvalue weighted by Gasteiger charge is 2.63. The molecule has 0 radical (unpaired) electrons. The number of carbonyl (C=O) groups excluding carboxylic acids is 3. The number of hydrogen-bond acceptors (Lipinski definition) is 11. The zero-order valence-corrected chi connectivity index (χ0v) is 22.6. The zero-order chi connectivity index (χ0) is 26.7. The molecule has 5 rings (SSSR count). The van der Waals surface area contributed by atoms with Gasteiger partial charge in [-0.05, 0) is 28.0 Å². The molecule has 196 valence electrons. The maximum atomic E-state index is 13.9. The van der Waals surface area contributed by atoms with Crippen molar-refractivity contribution in [1.82, 2.24) is 20.4 Å². The fraction of sp³-hybridized carbons (Fsp3) is 0.240. The molecule has 1 aromatic heterocycles. The minimum atomic E-state index is -1.60. The fourth-order valence-electron chi connectivity index (χ4n) is 4.21. The van der Waals surface area contributed by atoms with Gasteiger partial charge in [-0.15, -0.1) is 16.9 Å². The summed E-state index contributed by atoms with van der Waals surface area (Å²) >= 11 is 4.03. The van der Waals surface area contributed by atoms with E-state index in [4.69, 9.17) is 15.2 Å². The molecule has 3 N–H and O–H groups in total. The molecule has 0 bridgehead atoms. The Morgan fingerprint density at radius 1 is 1.21 bits per heavy atom. The van der Waals surface area contributed by atoms with E-state index in [1.807, 2.05) is 60.7 Å². The van der Waals surface area contributed by atoms with E-state index in [-0.39, 0.29) is 5.70 Å². The number of amides is 2. The molecule has 2 aliphatic rings. The predicted octanol–water partition coefficient (Wildman–Crippen LogP) is 2.54. The second-order valence-electron chi connectivity index (χ2n) is 8.36. The first-order chi connectivity index (χ1) is 18.5. The highest BCUT2D eigenvalue weighted by molar-refractivity contribution is 8.01. The maximum absolute atomic E-state index is 13.9. The number of hydrogen-bond donors (Lipinski definition) is 2. The Kier molecular flexibility index (Phi) is 7.70. The lowest BCUT2D eigenvalue weighted by Crippen LogP contribution is -2.83. The van der Waals surface area contributed by atoms with Crippen LogP contribution in [0.3, 0.4) is 0 Å². The molecule has 0 aliphatic carbocycles. The van der Waals surface area contributed by atoms with Gasteiger partial charge in [-0.25, -0.2) is 4.79 Å². The lowest BCUT2D eigenvalue weighted by molar-refractivity contribution is -0.160. The quantitative estimate of drug-likeness (QED) is 0.123. The molecular weight excluding hydrogens is 547 g/mol. The third-order valence-electron chi connectivity index (χ3n) is 6.04. The molecule has 2 aromatic carbocycles. The number of β-lactam (4-membered cyclic amide) rings is 1. The summed E-state index contributed by atoms with van der Waals surface area (Å²) in [6.45, 7) is 0. The molecule has 1 fully saturated rings. The number of ether oxygens (including phenoxy) is 2. The first kappa shape index (κ1) is 26.2. The fourth-order valence-corrected chi connectivity index (χ4v) is 7.38. The Morgan fingerprint density at radius 2 is 1.87 bits per heavy atom. The van der Waals surface area contributed by atoms with Crippen molar-refractivity contribution < 1.29 is 23.9 Å². The average molecular weight is 570 g/mol. The maximum Gasteiger partial charge on any atom is 0.356 e. The molecule has 38 heavy (non-hydrogen) atoms. The number of fused-ring (bicyclic) bond motifs is 1. The van der Waals surface area contributed by atoms with Crippen LogP contribution in [0.5, 0.6) is 5.19 Å². The van der Waals surface area contributed by atoms with Gasteiger partial charge in [0.05, 0.1) is 7.11 Å². The van der Waals surface area contributed by atoms with Crippen molar-refractivity contribution in [2.75, 3.05) is 18.6 Å². The molecule has 2 amide bonds. The van der Waals surface area contributed by atoms with Crippen LogP contribution in [0.4, 0.5) is 0 Å². The van der Waals surface area contributed by atoms with E-state index in [2.05, 4.69) is 15.5 Å². The topological polar surface area (TPSA) is 137 Å². The summed E-state index contributed by atoms with van der Waals surface area (Å²) in [5, 5.41) is 10.2. The third-order valence-corrected chi connectivity index (χ3v) is 9.56. The third kappa shape index (κ3) is 4.89. The van der Waals surface area contributed by atoms with Crippen molar-refractivity contribution >= 4 is 53.1 Å². The molecule has 2 aliphatic heterocycles. The van der Waals surface area contributed by atoms with Crippen molar-refractivity contribution in [3.63, 3.8) is 0 Å². The minimum absolute atomic E-state index is 0.133. The molecule has 13 heteroatoms. The molecule has 10 nitrogen and oxygen atoms in total. The van der Waals surface area contributed by atoms with Crippen LogP contribution in [0.15, 0.2) is 76.3 Å². The number of esters is 1. The SMILES string of the molecule is COc1nnc(SCC2=C(C(=O)OC(c3ccccc3)c3ccccc3)N3C(=O)[C@](N)(NC=O)[C@@H]3SC2)s1. The van der Waals surface area contributed by atoms with E-state index >= 15 is 0 Å². The number of carbonyl (C=O) groups is 3. The molecule has 3 heterocycles. The zero-order valence-electron chi connectivity index (χ0n) is 20.1. The van der Waals surface area contributed by atoms with Crippen LogP contribution in [-0.2, 0) is 19.1 Å². The van der Waals surface area contributed by atoms with Crippen molar-refractivity contribution in [3.05, 3.63) is 83.1 Å². The van der Waals surface area contributed by atoms with E-state index in [1.165, 1.54) is 46.9 Å². The lowest BCUT2D eigenvalue weighted by Gasteiger charge is -2.55. The van der Waals surface area contributed by atoms with Crippen molar-refractivity contribution in [2.45, 2.75) is 21.5 Å². The standard InChI is InChI=1S/C25H23N5O5S3/c1-34-23-28-29-24(38-23)37-13-17-12-36-22-25(26,27-14-31)21(33)30(22)18(17)20(32)35-19(15-8-4-2-5-9-15)16-10-6-3-7-11-16/h2-11,14,19,22H,12-13,26H2,1H3,(H,27,31)/t22-,25-/m0/s1. The van der Waals surface area contributed by atoms with E-state index in [1.54, 1.807) is 0 Å². The van der Waals surface area contributed by atoms with Crippen molar-refractivity contribution in [3.8, 4) is 5.19 Å². The normalized spacial score (nSPS) is 20.6. The van der Waals surface area contributed by atoms with E-state index in [9.17, 15) is 14.4 Å². The smallest absolute Gasteiger partial charge is 0.356 e. The predicted molar refractivity (Wildman–Crippen MR) is 144 cm³/mol. The summed E-state index contributed by atoms with van der Waals surface area (Å²) < 4.78 is 11.9. The number of benzene rings is 2. The van der Waals surface area contributed by atoms with Crippen LogP contribution >= 0.6 is 34.9 Å². The van der Waals surface area contributed by atoms with Crippen LogP contribution in [0.25, 0.3) is 0 Å². The van der Waals surface area contributed by atoms with Crippen molar-refractivity contribution in [2.24, 2.45) is 5.73 Å². The van der Waals surface area contributed by atoms with E-state index < -0.39 is 29.0 Å². The van der Waals surface area contributed by atoms with Gasteiger partial charge in [0.1, 0.15) is 11.1 Å². The van der Waals surface area contributed by atoms with Crippen LogP contribution in [-0.4, -0.2) is 63.0 Å². The summed E-state index contributed by atoms with van der Waals surface area (Å²) in [6, 6.07) is 18.8. The Balaban J connectivity index is 1.48. The van der Waals surface area contributed by atoms with Gasteiger partial charge in [-0.2, -0.15) is 0 Å². The van der Waals surface area contributed by atoms with E-state index in [0.717, 1.165) is 11.1 Å². The first-order valence-electron chi connectivity index (χ1n) is 11.4. The number of rotatable bonds is 10. The molecule has 0 saturated carbocycles. The minimum Gasteiger partial charge on any atom is -0.472 e. The molecule has 0 spiro atoms. The Bertz CT molecular complexity index is 1330. The van der Waals surface area contributed by atoms with Gasteiger partial charge in [-0.3, -0.25) is 20.2 Å². The monoisotopic (exact) mass is 569 g/mol. The first-order valence-corrected chi connectivity index (χ1v) is 14.3. The summed E-state index contributed by atoms with van der Waals surface area (Å²) in [6.07, 6.45) is -0.300. The molecule has 3 aromatic rings. The number of thioether (sulfide) groups is 2. The second-order valence-corrected chi connectivity index (χ2v) is 11.6. The van der Waals surface area contributed by atoms with Crippen LogP contribution in [0.2, 0.25) is 0 Å². The highest BCUT2D eigenvalue weighted by atomic mass is 32.2. The second kappa shape index (κ2) is 11.2. The van der Waals surface area contributed by atoms with Crippen molar-refractivity contribution in [1.29, 1.82) is 0 Å². The van der Waals surface area contributed by atoms with Gasteiger partial charge in [0, 0.05) is 11.5 Å². The number of nitrogens with one attached hydrogen (secondary N) is 1. The van der Waals surface area contributed by atoms with E-state index in [0.29, 0.717) is 33.0 Å². The number of methoxy groups -OCH3 is 1. The molecule has 1 saturated heterocycles. The lowest BCUT2D eigenvalue weighted by atomic mass is 9.96. The van der Waals surface area contributed by atoms with Gasteiger partial charge in [0.15, 0.2) is 10.4 Å². The number of aromatic nitrogens is 2. The van der Waals surface area contributed by atoms with Crippen LogP contribution < -0.4 is 15.8 Å². The Morgan fingerprint density at radius 3 is 2.45 bits per heavy atom. The molecular formula is C25H23N5O5S3. The molecule has 2 atom stereocenters. The van der Waals surface area contributed by atoms with Gasteiger partial charge in [0.2, 0.25) is 12.1 Å². The Hall–Kier alpha value is -3.39. The van der Waals surface area contributed by atoms with Gasteiger partial charge in [0.25, 0.3) is 11.1 Å². The number of nitrogens with zero attached hydrogens (tertiary/aromatic N) is 3. The Labute approximate surface area is 231 Å². The largest absolute Gasteiger partial charge is 0.472 e. The summed E-state index contributed by atoms with van der Waals surface area (Å²) in [5.74, 6) is -0.459. The summed E-state index contributed by atoms with van der Waals surface area (Å²) in [4.78, 5) is 39.5. The average Bonchev–Trinajstić information content (AvgIpc) is 3.43. The number of nitrogens with two attached hydrogens (primary N) is 1. The van der Waals surface area contributed by atoms with Gasteiger partial charge >= 0.3 is 5.97 Å². The highest BCUT2D eigenvalue weighted by Crippen LogP contribution is 2.45. The summed E-state index contributed by atoms with van der Waals surface area (Å²) in [7, 11) is 1.52. The van der Waals surface area contributed by atoms with Gasteiger partial charge < -0.3 is 14.8 Å².